The summed E-state index contributed by atoms with van der Waals surface area (Å²) in [7, 11) is -1.73. The smallest absolute Gasteiger partial charge is 0.241 e. The molecule has 1 aromatic carbocycles. The molecule has 1 heterocycles. The number of hydrogen-bond donors (Lipinski definition) is 2. The fourth-order valence-corrected chi connectivity index (χ4v) is 4.23. The predicted molar refractivity (Wildman–Crippen MR) is 101 cm³/mol. The van der Waals surface area contributed by atoms with Crippen molar-refractivity contribution in [2.45, 2.75) is 37.1 Å². The van der Waals surface area contributed by atoms with E-state index in [-0.39, 0.29) is 23.2 Å². The van der Waals surface area contributed by atoms with Crippen molar-refractivity contribution in [3.05, 3.63) is 30.3 Å². The number of nitrogens with one attached hydrogen (secondary N) is 2. The Balaban J connectivity index is 0.00000312. The standard InChI is InChI=1S/C17H27N3O3S.ClH/c1-14(19-24(22,23)16-6-4-3-5-7-16)17(21)20-12-9-15(10-13-20)8-11-18-2;/h3-7,14-15,18-19H,8-13H2,1-2H3;1H. The Morgan fingerprint density at radius 1 is 1.24 bits per heavy atom. The summed E-state index contributed by atoms with van der Waals surface area (Å²) in [5.41, 5.74) is 0. The molecule has 0 spiro atoms. The van der Waals surface area contributed by atoms with Gasteiger partial charge in [-0.15, -0.1) is 12.4 Å². The minimum Gasteiger partial charge on any atom is -0.341 e. The van der Waals surface area contributed by atoms with Crippen LogP contribution in [-0.2, 0) is 14.8 Å². The summed E-state index contributed by atoms with van der Waals surface area (Å²) in [4.78, 5) is 14.5. The summed E-state index contributed by atoms with van der Waals surface area (Å²) < 4.78 is 27.1. The number of rotatable bonds is 7. The highest BCUT2D eigenvalue weighted by molar-refractivity contribution is 7.89. The summed E-state index contributed by atoms with van der Waals surface area (Å²) in [5, 5.41) is 3.15. The number of hydrogen-bond acceptors (Lipinski definition) is 4. The Labute approximate surface area is 156 Å². The van der Waals surface area contributed by atoms with Gasteiger partial charge in [-0.2, -0.15) is 4.72 Å². The van der Waals surface area contributed by atoms with E-state index in [0.29, 0.717) is 19.0 Å². The Morgan fingerprint density at radius 2 is 1.84 bits per heavy atom. The van der Waals surface area contributed by atoms with Crippen LogP contribution in [0.3, 0.4) is 0 Å². The molecule has 8 heteroatoms. The molecule has 2 N–H and O–H groups in total. The predicted octanol–water partition coefficient (Wildman–Crippen LogP) is 1.62. The van der Waals surface area contributed by atoms with Crippen molar-refractivity contribution >= 4 is 28.3 Å². The first-order valence-electron chi connectivity index (χ1n) is 8.45. The Kier molecular flexibility index (Phi) is 8.85. The second-order valence-corrected chi connectivity index (χ2v) is 8.03. The van der Waals surface area contributed by atoms with Crippen LogP contribution in [0, 0.1) is 5.92 Å². The lowest BCUT2D eigenvalue weighted by Gasteiger charge is -2.33. The highest BCUT2D eigenvalue weighted by atomic mass is 35.5. The first-order chi connectivity index (χ1) is 11.4. The number of carbonyl (C=O) groups is 1. The fraction of sp³-hybridized carbons (Fsp3) is 0.588. The van der Waals surface area contributed by atoms with E-state index in [0.717, 1.165) is 25.8 Å². The molecule has 1 aliphatic rings. The third kappa shape index (κ3) is 6.26. The number of benzene rings is 1. The number of piperidine rings is 1. The van der Waals surface area contributed by atoms with Gasteiger partial charge in [0, 0.05) is 13.1 Å². The number of halogens is 1. The van der Waals surface area contributed by atoms with Crippen molar-refractivity contribution in [3.8, 4) is 0 Å². The molecule has 0 bridgehead atoms. The molecule has 6 nitrogen and oxygen atoms in total. The van der Waals surface area contributed by atoms with E-state index in [1.165, 1.54) is 12.1 Å². The summed E-state index contributed by atoms with van der Waals surface area (Å²) in [6.45, 7) is 4.00. The van der Waals surface area contributed by atoms with Crippen molar-refractivity contribution in [3.63, 3.8) is 0 Å². The molecule has 1 fully saturated rings. The molecule has 25 heavy (non-hydrogen) atoms. The van der Waals surface area contributed by atoms with Gasteiger partial charge >= 0.3 is 0 Å². The van der Waals surface area contributed by atoms with E-state index in [4.69, 9.17) is 0 Å². The van der Waals surface area contributed by atoms with Gasteiger partial charge in [-0.1, -0.05) is 18.2 Å². The van der Waals surface area contributed by atoms with Gasteiger partial charge < -0.3 is 10.2 Å². The van der Waals surface area contributed by atoms with Gasteiger partial charge in [0.15, 0.2) is 0 Å². The SMILES string of the molecule is CNCCC1CCN(C(=O)C(C)NS(=O)(=O)c2ccccc2)CC1.Cl. The van der Waals surface area contributed by atoms with Crippen molar-refractivity contribution in [1.29, 1.82) is 0 Å². The topological polar surface area (TPSA) is 78.5 Å². The number of carbonyl (C=O) groups excluding carboxylic acids is 1. The van der Waals surface area contributed by atoms with Gasteiger partial charge in [-0.05, 0) is 57.8 Å². The van der Waals surface area contributed by atoms with Crippen molar-refractivity contribution in [2.75, 3.05) is 26.7 Å². The highest BCUT2D eigenvalue weighted by Gasteiger charge is 2.28. The zero-order valence-electron chi connectivity index (χ0n) is 14.8. The molecule has 1 saturated heterocycles. The van der Waals surface area contributed by atoms with Crippen LogP contribution in [0.2, 0.25) is 0 Å². The number of amides is 1. The lowest BCUT2D eigenvalue weighted by Crippen LogP contribution is -2.49. The minimum absolute atomic E-state index is 0. The molecule has 0 saturated carbocycles. The molecule has 2 rings (SSSR count). The van der Waals surface area contributed by atoms with Crippen LogP contribution >= 0.6 is 12.4 Å². The molecular formula is C17H28ClN3O3S. The van der Waals surface area contributed by atoms with E-state index in [1.807, 2.05) is 7.05 Å². The zero-order valence-corrected chi connectivity index (χ0v) is 16.4. The fourth-order valence-electron chi connectivity index (χ4n) is 3.02. The summed E-state index contributed by atoms with van der Waals surface area (Å²) in [5.74, 6) is 0.486. The molecule has 0 aliphatic carbocycles. The largest absolute Gasteiger partial charge is 0.341 e. The number of sulfonamides is 1. The molecule has 0 aromatic heterocycles. The molecule has 1 aliphatic heterocycles. The Bertz CT molecular complexity index is 632. The van der Waals surface area contributed by atoms with Crippen LogP contribution in [0.15, 0.2) is 35.2 Å². The van der Waals surface area contributed by atoms with Crippen LogP contribution in [-0.4, -0.2) is 51.9 Å². The minimum atomic E-state index is -3.67. The van der Waals surface area contributed by atoms with Crippen LogP contribution in [0.4, 0.5) is 0 Å². The zero-order chi connectivity index (χ0) is 17.6. The quantitative estimate of drug-likeness (QED) is 0.742. The van der Waals surface area contributed by atoms with Gasteiger partial charge in [0.1, 0.15) is 0 Å². The third-order valence-corrected chi connectivity index (χ3v) is 6.04. The van der Waals surface area contributed by atoms with E-state index in [9.17, 15) is 13.2 Å². The first kappa shape index (κ1) is 21.9. The van der Waals surface area contributed by atoms with Crippen molar-refractivity contribution < 1.29 is 13.2 Å². The van der Waals surface area contributed by atoms with E-state index in [1.54, 1.807) is 30.0 Å². The molecule has 1 atom stereocenters. The molecular weight excluding hydrogens is 362 g/mol. The summed E-state index contributed by atoms with van der Waals surface area (Å²) in [6.07, 6.45) is 3.08. The molecule has 0 radical (unpaired) electrons. The molecule has 1 amide bonds. The monoisotopic (exact) mass is 389 g/mol. The number of likely N-dealkylation sites (tertiary alicyclic amines) is 1. The summed E-state index contributed by atoms with van der Waals surface area (Å²) >= 11 is 0. The first-order valence-corrected chi connectivity index (χ1v) is 9.93. The summed E-state index contributed by atoms with van der Waals surface area (Å²) in [6, 6.07) is 7.36. The van der Waals surface area contributed by atoms with Gasteiger partial charge in [-0.3, -0.25) is 4.79 Å². The van der Waals surface area contributed by atoms with Crippen LogP contribution in [0.5, 0.6) is 0 Å². The maximum atomic E-state index is 12.5. The van der Waals surface area contributed by atoms with Crippen LogP contribution in [0.1, 0.15) is 26.2 Å². The Morgan fingerprint density at radius 3 is 2.40 bits per heavy atom. The van der Waals surface area contributed by atoms with Gasteiger partial charge in [0.05, 0.1) is 10.9 Å². The number of nitrogens with zero attached hydrogens (tertiary/aromatic N) is 1. The van der Waals surface area contributed by atoms with Gasteiger partial charge in [0.25, 0.3) is 0 Å². The molecule has 142 valence electrons. The second kappa shape index (κ2) is 10.1. The van der Waals surface area contributed by atoms with E-state index < -0.39 is 16.1 Å². The van der Waals surface area contributed by atoms with Crippen molar-refractivity contribution in [1.82, 2.24) is 14.9 Å². The average molecular weight is 390 g/mol. The normalized spacial score (nSPS) is 17.0. The lowest BCUT2D eigenvalue weighted by atomic mass is 9.93. The van der Waals surface area contributed by atoms with Crippen LogP contribution < -0.4 is 10.0 Å². The van der Waals surface area contributed by atoms with Gasteiger partial charge in [0.2, 0.25) is 15.9 Å². The van der Waals surface area contributed by atoms with Gasteiger partial charge in [-0.25, -0.2) is 8.42 Å². The maximum absolute atomic E-state index is 12.5. The highest BCUT2D eigenvalue weighted by Crippen LogP contribution is 2.20. The third-order valence-electron chi connectivity index (χ3n) is 4.48. The average Bonchev–Trinajstić information content (AvgIpc) is 2.60. The van der Waals surface area contributed by atoms with Crippen molar-refractivity contribution in [2.24, 2.45) is 5.92 Å². The molecule has 1 unspecified atom stereocenters. The van der Waals surface area contributed by atoms with E-state index >= 15 is 0 Å². The second-order valence-electron chi connectivity index (χ2n) is 6.32. The lowest BCUT2D eigenvalue weighted by molar-refractivity contribution is -0.134. The maximum Gasteiger partial charge on any atom is 0.241 e. The van der Waals surface area contributed by atoms with E-state index in [2.05, 4.69) is 10.0 Å². The Hall–Kier alpha value is -1.15. The van der Waals surface area contributed by atoms with Crippen LogP contribution in [0.25, 0.3) is 0 Å². The molecule has 1 aromatic rings.